The van der Waals surface area contributed by atoms with E-state index in [1.165, 1.54) is 12.8 Å². The van der Waals surface area contributed by atoms with E-state index in [1.54, 1.807) is 6.92 Å². The summed E-state index contributed by atoms with van der Waals surface area (Å²) in [5, 5.41) is 11.6. The molecule has 1 aliphatic carbocycles. The first-order valence-corrected chi connectivity index (χ1v) is 6.11. The monoisotopic (exact) mass is 233 g/mol. The summed E-state index contributed by atoms with van der Waals surface area (Å²) in [4.78, 5) is 11.3. The summed E-state index contributed by atoms with van der Waals surface area (Å²) in [5.41, 5.74) is 0. The van der Waals surface area contributed by atoms with Gasteiger partial charge in [0.15, 0.2) is 0 Å². The molecule has 0 aromatic rings. The van der Waals surface area contributed by atoms with E-state index in [0.717, 1.165) is 12.8 Å². The highest BCUT2D eigenvalue weighted by atomic mass is 35.5. The molecule has 1 fully saturated rings. The van der Waals surface area contributed by atoms with Crippen LogP contribution < -0.4 is 5.32 Å². The fourth-order valence-electron chi connectivity index (χ4n) is 2.17. The van der Waals surface area contributed by atoms with Crippen molar-refractivity contribution in [3.8, 4) is 0 Å². The topological polar surface area (TPSA) is 49.3 Å². The van der Waals surface area contributed by atoms with Gasteiger partial charge in [0, 0.05) is 13.2 Å². The zero-order valence-electron chi connectivity index (χ0n) is 9.21. The largest absolute Gasteiger partial charge is 0.396 e. The Balaban J connectivity index is 2.32. The van der Waals surface area contributed by atoms with Gasteiger partial charge in [0.1, 0.15) is 5.38 Å². The molecular formula is C11H20ClNO2. The van der Waals surface area contributed by atoms with Gasteiger partial charge in [0.05, 0.1) is 0 Å². The van der Waals surface area contributed by atoms with E-state index in [-0.39, 0.29) is 12.5 Å². The number of aliphatic hydroxyl groups is 1. The molecule has 1 amide bonds. The molecular weight excluding hydrogens is 214 g/mol. The van der Waals surface area contributed by atoms with Gasteiger partial charge in [-0.1, -0.05) is 12.8 Å². The molecule has 0 radical (unpaired) electrons. The average Bonchev–Trinajstić information content (AvgIpc) is 2.26. The third-order valence-electron chi connectivity index (χ3n) is 3.20. The number of amides is 1. The van der Waals surface area contributed by atoms with Gasteiger partial charge < -0.3 is 10.4 Å². The van der Waals surface area contributed by atoms with E-state index >= 15 is 0 Å². The Morgan fingerprint density at radius 3 is 2.60 bits per heavy atom. The molecule has 0 aliphatic heterocycles. The molecule has 0 aromatic heterocycles. The van der Waals surface area contributed by atoms with Gasteiger partial charge in [-0.15, -0.1) is 11.6 Å². The molecule has 0 aromatic carbocycles. The summed E-state index contributed by atoms with van der Waals surface area (Å²) >= 11 is 5.65. The van der Waals surface area contributed by atoms with Crippen LogP contribution in [0.15, 0.2) is 0 Å². The maximum absolute atomic E-state index is 11.3. The maximum Gasteiger partial charge on any atom is 0.237 e. The zero-order chi connectivity index (χ0) is 11.3. The Morgan fingerprint density at radius 1 is 1.47 bits per heavy atom. The van der Waals surface area contributed by atoms with Crippen molar-refractivity contribution in [1.82, 2.24) is 5.32 Å². The molecule has 3 unspecified atom stereocenters. The number of hydrogen-bond donors (Lipinski definition) is 2. The molecule has 0 heterocycles. The van der Waals surface area contributed by atoms with Crippen LogP contribution >= 0.6 is 11.6 Å². The summed E-state index contributed by atoms with van der Waals surface area (Å²) in [7, 11) is 0. The van der Waals surface area contributed by atoms with Crippen molar-refractivity contribution in [2.24, 2.45) is 11.8 Å². The van der Waals surface area contributed by atoms with Crippen LogP contribution in [0, 0.1) is 11.8 Å². The van der Waals surface area contributed by atoms with Gasteiger partial charge in [-0.3, -0.25) is 4.79 Å². The Morgan fingerprint density at radius 2 is 2.07 bits per heavy atom. The van der Waals surface area contributed by atoms with Crippen molar-refractivity contribution in [3.63, 3.8) is 0 Å². The predicted octanol–water partition coefficient (Wildman–Crippen LogP) is 1.53. The molecule has 3 nitrogen and oxygen atoms in total. The molecule has 1 aliphatic rings. The molecule has 0 bridgehead atoms. The number of aliphatic hydroxyl groups excluding tert-OH is 1. The third-order valence-corrected chi connectivity index (χ3v) is 3.40. The predicted molar refractivity (Wildman–Crippen MR) is 60.9 cm³/mol. The minimum absolute atomic E-state index is 0.112. The van der Waals surface area contributed by atoms with Crippen molar-refractivity contribution >= 4 is 17.5 Å². The molecule has 1 saturated carbocycles. The van der Waals surface area contributed by atoms with Gasteiger partial charge in [-0.2, -0.15) is 0 Å². The van der Waals surface area contributed by atoms with Gasteiger partial charge in [0.2, 0.25) is 5.91 Å². The molecule has 0 spiro atoms. The van der Waals surface area contributed by atoms with Crippen molar-refractivity contribution in [3.05, 3.63) is 0 Å². The van der Waals surface area contributed by atoms with Gasteiger partial charge >= 0.3 is 0 Å². The highest BCUT2D eigenvalue weighted by Crippen LogP contribution is 2.29. The molecule has 1 rings (SSSR count). The van der Waals surface area contributed by atoms with Gasteiger partial charge in [0.25, 0.3) is 0 Å². The van der Waals surface area contributed by atoms with E-state index in [2.05, 4.69) is 5.32 Å². The van der Waals surface area contributed by atoms with Crippen LogP contribution in [0.25, 0.3) is 0 Å². The summed E-state index contributed by atoms with van der Waals surface area (Å²) < 4.78 is 0. The first-order valence-electron chi connectivity index (χ1n) is 5.67. The number of alkyl halides is 1. The van der Waals surface area contributed by atoms with E-state index in [4.69, 9.17) is 11.6 Å². The fraction of sp³-hybridized carbons (Fsp3) is 0.909. The van der Waals surface area contributed by atoms with E-state index < -0.39 is 5.38 Å². The van der Waals surface area contributed by atoms with Crippen molar-refractivity contribution < 1.29 is 9.90 Å². The summed E-state index contributed by atoms with van der Waals surface area (Å²) in [6.07, 6.45) is 4.57. The highest BCUT2D eigenvalue weighted by molar-refractivity contribution is 6.30. The lowest BCUT2D eigenvalue weighted by Gasteiger charge is -2.30. The zero-order valence-corrected chi connectivity index (χ0v) is 9.96. The van der Waals surface area contributed by atoms with Crippen LogP contribution in [0.4, 0.5) is 0 Å². The van der Waals surface area contributed by atoms with Crippen LogP contribution in [0.3, 0.4) is 0 Å². The van der Waals surface area contributed by atoms with Crippen molar-refractivity contribution in [2.75, 3.05) is 13.2 Å². The highest BCUT2D eigenvalue weighted by Gasteiger charge is 2.25. The lowest BCUT2D eigenvalue weighted by molar-refractivity contribution is -0.120. The van der Waals surface area contributed by atoms with Crippen LogP contribution in [-0.2, 0) is 4.79 Å². The van der Waals surface area contributed by atoms with Gasteiger partial charge in [-0.25, -0.2) is 0 Å². The number of halogens is 1. The van der Waals surface area contributed by atoms with Crippen molar-refractivity contribution in [2.45, 2.75) is 38.0 Å². The SMILES string of the molecule is CC(Cl)C(=O)NCC1CCCCC1CO. The number of nitrogens with one attached hydrogen (secondary N) is 1. The summed E-state index contributed by atoms with van der Waals surface area (Å²) in [6, 6.07) is 0. The lowest BCUT2D eigenvalue weighted by atomic mass is 9.79. The number of carbonyl (C=O) groups excluding carboxylic acids is 1. The van der Waals surface area contributed by atoms with Crippen molar-refractivity contribution in [1.29, 1.82) is 0 Å². The Bertz CT molecular complexity index is 209. The van der Waals surface area contributed by atoms with E-state index in [1.807, 2.05) is 0 Å². The minimum atomic E-state index is -0.471. The number of carbonyl (C=O) groups is 1. The normalized spacial score (nSPS) is 28.5. The lowest BCUT2D eigenvalue weighted by Crippen LogP contribution is -2.38. The molecule has 88 valence electrons. The second-order valence-electron chi connectivity index (χ2n) is 4.35. The Kier molecular flexibility index (Phi) is 5.40. The number of hydrogen-bond acceptors (Lipinski definition) is 2. The van der Waals surface area contributed by atoms with E-state index in [0.29, 0.717) is 18.4 Å². The van der Waals surface area contributed by atoms with Crippen LogP contribution in [0.1, 0.15) is 32.6 Å². The summed E-state index contributed by atoms with van der Waals surface area (Å²) in [5.74, 6) is 0.659. The fourth-order valence-corrected chi connectivity index (χ4v) is 2.24. The van der Waals surface area contributed by atoms with Crippen LogP contribution in [0.2, 0.25) is 0 Å². The molecule has 0 saturated heterocycles. The molecule has 2 N–H and O–H groups in total. The standard InChI is InChI=1S/C11H20ClNO2/c1-8(12)11(15)13-6-9-4-2-3-5-10(9)7-14/h8-10,14H,2-7H2,1H3,(H,13,15). The smallest absolute Gasteiger partial charge is 0.237 e. The van der Waals surface area contributed by atoms with E-state index in [9.17, 15) is 9.90 Å². The second kappa shape index (κ2) is 6.33. The van der Waals surface area contributed by atoms with Gasteiger partial charge in [-0.05, 0) is 31.6 Å². The maximum atomic E-state index is 11.3. The minimum Gasteiger partial charge on any atom is -0.396 e. The number of rotatable bonds is 4. The van der Waals surface area contributed by atoms with Crippen LogP contribution in [0.5, 0.6) is 0 Å². The molecule has 15 heavy (non-hydrogen) atoms. The Labute approximate surface area is 96.2 Å². The van der Waals surface area contributed by atoms with Crippen LogP contribution in [-0.4, -0.2) is 29.5 Å². The molecule has 3 atom stereocenters. The average molecular weight is 234 g/mol. The molecule has 4 heteroatoms. The quantitative estimate of drug-likeness (QED) is 0.724. The third kappa shape index (κ3) is 3.99. The first kappa shape index (κ1) is 12.8. The first-order chi connectivity index (χ1) is 7.15. The second-order valence-corrected chi connectivity index (χ2v) is 5.00. The summed E-state index contributed by atoms with van der Waals surface area (Å²) in [6.45, 7) is 2.55. The Hall–Kier alpha value is -0.280.